The Labute approximate surface area is 203 Å². The maximum Gasteiger partial charge on any atom is 1.00 e. The number of hydrogen-bond acceptors (Lipinski definition) is 8. The van der Waals surface area contributed by atoms with Crippen molar-refractivity contribution in [3.05, 3.63) is 41.9 Å². The van der Waals surface area contributed by atoms with Crippen LogP contribution in [0.25, 0.3) is 11.3 Å². The Hall–Kier alpha value is -2.20. The predicted molar refractivity (Wildman–Crippen MR) is 129 cm³/mol. The van der Waals surface area contributed by atoms with Gasteiger partial charge in [0.1, 0.15) is 11.4 Å². The molecular weight excluding hydrogens is 482 g/mol. The third-order valence-corrected chi connectivity index (χ3v) is 4.62. The van der Waals surface area contributed by atoms with Crippen molar-refractivity contribution in [2.75, 3.05) is 19.3 Å². The van der Waals surface area contributed by atoms with Gasteiger partial charge in [-0.2, -0.15) is 10.2 Å². The summed E-state index contributed by atoms with van der Waals surface area (Å²) in [5, 5.41) is 9.86. The number of hydrogen-bond donors (Lipinski definition) is 2. The molecule has 0 bridgehead atoms. The van der Waals surface area contributed by atoms with Gasteiger partial charge < -0.3 is 17.0 Å². The normalized spacial score (nSPS) is 13.1. The van der Waals surface area contributed by atoms with Gasteiger partial charge in [-0.3, -0.25) is 20.8 Å². The molecule has 0 spiro atoms. The molecule has 11 heteroatoms. The number of nitrogens with one attached hydrogen (secondary N) is 2. The second kappa shape index (κ2) is 14.0. The second-order valence-corrected chi connectivity index (χ2v) is 7.23. The first kappa shape index (κ1) is 26.8. The SMILES string of the molecule is CCN=C([S-])N/N=C(/C(C)=N/NC(=NCC)SC)c1ncoc1-c1cccc(C)c1.[Cu+]. The van der Waals surface area contributed by atoms with Gasteiger partial charge in [0.25, 0.3) is 0 Å². The van der Waals surface area contributed by atoms with Crippen LogP contribution >= 0.6 is 11.8 Å². The Morgan fingerprint density at radius 2 is 1.90 bits per heavy atom. The van der Waals surface area contributed by atoms with E-state index < -0.39 is 0 Å². The fourth-order valence-corrected chi connectivity index (χ4v) is 3.04. The molecule has 0 unspecified atom stereocenters. The first-order valence-electron chi connectivity index (χ1n) is 9.45. The summed E-state index contributed by atoms with van der Waals surface area (Å²) < 4.78 is 5.70. The fraction of sp³-hybridized carbons (Fsp3) is 0.350. The number of thioether (sulfide) groups is 1. The zero-order chi connectivity index (χ0) is 21.9. The molecule has 0 saturated carbocycles. The van der Waals surface area contributed by atoms with Crippen molar-refractivity contribution in [3.63, 3.8) is 0 Å². The molecule has 1 heterocycles. The van der Waals surface area contributed by atoms with Crippen LogP contribution in [0.2, 0.25) is 0 Å². The van der Waals surface area contributed by atoms with Crippen molar-refractivity contribution in [2.45, 2.75) is 27.7 Å². The zero-order valence-corrected chi connectivity index (χ0v) is 20.6. The largest absolute Gasteiger partial charge is 1.00 e. The molecule has 2 N–H and O–H groups in total. The molecule has 0 aliphatic heterocycles. The van der Waals surface area contributed by atoms with Crippen LogP contribution in [0.1, 0.15) is 32.0 Å². The van der Waals surface area contributed by atoms with Crippen LogP contribution in [-0.4, -0.2) is 46.1 Å². The van der Waals surface area contributed by atoms with Gasteiger partial charge in [0.05, 0.1) is 5.71 Å². The van der Waals surface area contributed by atoms with E-state index in [0.29, 0.717) is 41.1 Å². The Morgan fingerprint density at radius 1 is 1.16 bits per heavy atom. The Kier molecular flexibility index (Phi) is 12.1. The van der Waals surface area contributed by atoms with Crippen LogP contribution in [0.15, 0.2) is 55.3 Å². The van der Waals surface area contributed by atoms with Gasteiger partial charge >= 0.3 is 17.1 Å². The average Bonchev–Trinajstić information content (AvgIpc) is 3.21. The van der Waals surface area contributed by atoms with Crippen molar-refractivity contribution >= 4 is 46.1 Å². The maximum atomic E-state index is 5.70. The van der Waals surface area contributed by atoms with E-state index >= 15 is 0 Å². The first-order chi connectivity index (χ1) is 14.5. The van der Waals surface area contributed by atoms with Crippen molar-refractivity contribution < 1.29 is 21.5 Å². The van der Waals surface area contributed by atoms with E-state index in [0.717, 1.165) is 11.1 Å². The smallest absolute Gasteiger partial charge is 0.741 e. The van der Waals surface area contributed by atoms with Gasteiger partial charge in [0.2, 0.25) is 0 Å². The van der Waals surface area contributed by atoms with Gasteiger partial charge in [0.15, 0.2) is 17.3 Å². The number of nitrogens with zero attached hydrogens (tertiary/aromatic N) is 5. The molecule has 0 atom stereocenters. The van der Waals surface area contributed by atoms with Gasteiger partial charge in [-0.05, 0) is 45.2 Å². The molecule has 31 heavy (non-hydrogen) atoms. The van der Waals surface area contributed by atoms with Crippen molar-refractivity contribution in [1.29, 1.82) is 0 Å². The first-order valence-corrected chi connectivity index (χ1v) is 11.1. The summed E-state index contributed by atoms with van der Waals surface area (Å²) in [6.45, 7) is 8.94. The van der Waals surface area contributed by atoms with E-state index in [9.17, 15) is 0 Å². The van der Waals surface area contributed by atoms with Crippen LogP contribution in [-0.2, 0) is 29.7 Å². The molecule has 170 valence electrons. The minimum Gasteiger partial charge on any atom is -0.741 e. The summed E-state index contributed by atoms with van der Waals surface area (Å²) in [7, 11) is 0. The molecule has 0 saturated heterocycles. The quantitative estimate of drug-likeness (QED) is 0.195. The van der Waals surface area contributed by atoms with E-state index in [4.69, 9.17) is 17.0 Å². The van der Waals surface area contributed by atoms with Crippen LogP contribution in [0.4, 0.5) is 0 Å². The van der Waals surface area contributed by atoms with Crippen LogP contribution in [0.3, 0.4) is 0 Å². The summed E-state index contributed by atoms with van der Waals surface area (Å²) in [5.41, 5.74) is 9.40. The maximum absolute atomic E-state index is 5.70. The summed E-state index contributed by atoms with van der Waals surface area (Å²) in [5.74, 6) is 0.597. The van der Waals surface area contributed by atoms with Crippen molar-refractivity contribution in [2.24, 2.45) is 20.2 Å². The number of amidine groups is 2. The number of oxazole rings is 1. The number of hydrazone groups is 2. The molecule has 2 rings (SSSR count). The second-order valence-electron chi connectivity index (χ2n) is 6.04. The van der Waals surface area contributed by atoms with E-state index in [1.54, 1.807) is 0 Å². The van der Waals surface area contributed by atoms with E-state index in [-0.39, 0.29) is 22.2 Å². The van der Waals surface area contributed by atoms with Gasteiger partial charge in [-0.1, -0.05) is 35.5 Å². The number of aryl methyl sites for hydroxylation is 1. The summed E-state index contributed by atoms with van der Waals surface area (Å²) >= 11 is 6.66. The van der Waals surface area contributed by atoms with Gasteiger partial charge in [0, 0.05) is 18.7 Å². The molecule has 0 aliphatic carbocycles. The third kappa shape index (κ3) is 8.10. The molecule has 0 aliphatic rings. The number of aliphatic imine (C=N–C) groups is 2. The topological polar surface area (TPSA) is 99.5 Å². The molecule has 2 aromatic rings. The molecule has 0 amide bonds. The van der Waals surface area contributed by atoms with Crippen molar-refractivity contribution in [1.82, 2.24) is 15.8 Å². The monoisotopic (exact) mass is 507 g/mol. The van der Waals surface area contributed by atoms with E-state index in [1.807, 2.05) is 58.2 Å². The molecule has 0 radical (unpaired) electrons. The Bertz CT molecular complexity index is 970. The minimum atomic E-state index is 0. The molecule has 8 nitrogen and oxygen atoms in total. The third-order valence-electron chi connectivity index (χ3n) is 3.79. The zero-order valence-electron chi connectivity index (χ0n) is 18.1. The van der Waals surface area contributed by atoms with Crippen LogP contribution in [0.5, 0.6) is 0 Å². The molecule has 1 aromatic heterocycles. The van der Waals surface area contributed by atoms with Gasteiger partial charge in [-0.15, -0.1) is 0 Å². The molecule has 1 aromatic carbocycles. The van der Waals surface area contributed by atoms with E-state index in [2.05, 4.69) is 36.0 Å². The molecule has 0 fully saturated rings. The van der Waals surface area contributed by atoms with Crippen molar-refractivity contribution in [3.8, 4) is 11.3 Å². The summed E-state index contributed by atoms with van der Waals surface area (Å²) in [6, 6.07) is 7.98. The summed E-state index contributed by atoms with van der Waals surface area (Å²) in [6.07, 6.45) is 3.32. The van der Waals surface area contributed by atoms with E-state index in [1.165, 1.54) is 18.2 Å². The summed E-state index contributed by atoms with van der Waals surface area (Å²) in [4.78, 5) is 12.9. The predicted octanol–water partition coefficient (Wildman–Crippen LogP) is 3.57. The fourth-order valence-electron chi connectivity index (χ4n) is 2.47. The van der Waals surface area contributed by atoms with Gasteiger partial charge in [-0.25, -0.2) is 4.98 Å². The van der Waals surface area contributed by atoms with Crippen LogP contribution < -0.4 is 10.9 Å². The molecular formula is C20H26CuN7OS2. The Morgan fingerprint density at radius 3 is 2.55 bits per heavy atom. The number of benzene rings is 1. The minimum absolute atomic E-state index is 0. The number of aromatic nitrogens is 1. The standard InChI is InChI=1S/C20H27N7OS2.Cu/c1-6-21-19(29)26-25-16(14(4)24-27-20(30-5)22-7-2)17-18(28-12-23-17)15-10-8-9-13(3)11-15;/h8-12H,6-7H2,1-5H3,(H,22,27)(H2,21,26,29);/q;+1/p-1/b24-14+,25-16-;. The Balaban J connectivity index is 0.00000480. The number of rotatable bonds is 7. The average molecular weight is 508 g/mol. The van der Waals surface area contributed by atoms with Crippen LogP contribution in [0, 0.1) is 6.92 Å².